The van der Waals surface area contributed by atoms with Crippen LogP contribution in [0.3, 0.4) is 0 Å². The van der Waals surface area contributed by atoms with Crippen molar-refractivity contribution >= 4 is 47.2 Å². The van der Waals surface area contributed by atoms with Crippen LogP contribution in [0.1, 0.15) is 12.0 Å². The number of hydrogen-bond acceptors (Lipinski definition) is 4. The molecular formula is C19H23IN4O3. The molecular weight excluding hydrogens is 459 g/mol. The van der Waals surface area contributed by atoms with E-state index < -0.39 is 0 Å². The highest BCUT2D eigenvalue weighted by Crippen LogP contribution is 2.26. The lowest BCUT2D eigenvalue weighted by Crippen LogP contribution is -2.24. The van der Waals surface area contributed by atoms with Crippen molar-refractivity contribution in [3.05, 3.63) is 48.0 Å². The van der Waals surface area contributed by atoms with Crippen molar-refractivity contribution < 1.29 is 14.3 Å². The van der Waals surface area contributed by atoms with Gasteiger partial charge in [0, 0.05) is 12.1 Å². The van der Waals surface area contributed by atoms with Gasteiger partial charge in [0.1, 0.15) is 18.1 Å². The molecule has 7 nitrogen and oxygen atoms in total. The molecule has 0 spiro atoms. The predicted octanol–water partition coefficient (Wildman–Crippen LogP) is 3.00. The van der Waals surface area contributed by atoms with Gasteiger partial charge in [0.25, 0.3) is 0 Å². The van der Waals surface area contributed by atoms with Gasteiger partial charge in [-0.15, -0.1) is 24.0 Å². The molecule has 144 valence electrons. The summed E-state index contributed by atoms with van der Waals surface area (Å²) in [6.07, 6.45) is 1.23. The second-order valence-electron chi connectivity index (χ2n) is 5.81. The smallest absolute Gasteiger partial charge is 0.224 e. The average molecular weight is 482 g/mol. The van der Waals surface area contributed by atoms with Crippen LogP contribution in [-0.2, 0) is 11.2 Å². The van der Waals surface area contributed by atoms with Gasteiger partial charge in [-0.25, -0.2) is 4.99 Å². The Hall–Kier alpha value is -2.49. The zero-order valence-electron chi connectivity index (χ0n) is 15.0. The third kappa shape index (κ3) is 5.75. The molecule has 1 aliphatic heterocycles. The van der Waals surface area contributed by atoms with Crippen molar-refractivity contribution in [3.8, 4) is 11.5 Å². The number of nitrogens with two attached hydrogens (primary N) is 1. The Balaban J connectivity index is 0.00000261. The number of benzene rings is 2. The first kappa shape index (κ1) is 20.8. The van der Waals surface area contributed by atoms with Crippen LogP contribution in [0.25, 0.3) is 0 Å². The number of fused-ring (bicyclic) bond motifs is 1. The highest BCUT2D eigenvalue weighted by atomic mass is 127. The maximum Gasteiger partial charge on any atom is 0.224 e. The molecule has 3 rings (SSSR count). The summed E-state index contributed by atoms with van der Waals surface area (Å²) >= 11 is 0. The van der Waals surface area contributed by atoms with Gasteiger partial charge >= 0.3 is 0 Å². The number of methoxy groups -OCH3 is 1. The number of aliphatic imine (C=N–C) groups is 1. The molecule has 0 fully saturated rings. The van der Waals surface area contributed by atoms with E-state index in [1.54, 1.807) is 7.11 Å². The molecule has 0 atom stereocenters. The van der Waals surface area contributed by atoms with Crippen molar-refractivity contribution in [2.75, 3.05) is 30.9 Å². The number of amides is 1. The van der Waals surface area contributed by atoms with Crippen LogP contribution in [0.15, 0.2) is 47.5 Å². The maximum absolute atomic E-state index is 11.4. The first-order chi connectivity index (χ1) is 12.7. The fraction of sp³-hybridized carbons (Fsp3) is 0.263. The third-order valence-corrected chi connectivity index (χ3v) is 3.98. The number of halogens is 1. The number of hydrogen-bond donors (Lipinski definition) is 3. The average Bonchev–Trinajstić information content (AvgIpc) is 2.65. The van der Waals surface area contributed by atoms with Gasteiger partial charge in [-0.1, -0.05) is 12.1 Å². The molecule has 8 heteroatoms. The molecule has 0 bridgehead atoms. The Morgan fingerprint density at radius 1 is 1.26 bits per heavy atom. The number of aryl methyl sites for hydroxylation is 1. The van der Waals surface area contributed by atoms with E-state index in [-0.39, 0.29) is 29.9 Å². The Morgan fingerprint density at radius 3 is 2.89 bits per heavy atom. The summed E-state index contributed by atoms with van der Waals surface area (Å²) in [4.78, 5) is 15.6. The minimum Gasteiger partial charge on any atom is -0.495 e. The number of nitrogens with zero attached hydrogens (tertiary/aromatic N) is 1. The van der Waals surface area contributed by atoms with Crippen molar-refractivity contribution in [2.45, 2.75) is 12.8 Å². The van der Waals surface area contributed by atoms with Gasteiger partial charge in [0.05, 0.1) is 19.3 Å². The molecule has 0 saturated heterocycles. The van der Waals surface area contributed by atoms with Gasteiger partial charge in [0.15, 0.2) is 5.96 Å². The Labute approximate surface area is 175 Å². The van der Waals surface area contributed by atoms with Crippen molar-refractivity contribution in [1.29, 1.82) is 0 Å². The van der Waals surface area contributed by atoms with Gasteiger partial charge in [-0.3, -0.25) is 4.79 Å². The minimum atomic E-state index is 0. The number of carbonyl (C=O) groups excluding carboxylic acids is 1. The number of guanidine groups is 1. The topological polar surface area (TPSA) is 98.0 Å². The highest BCUT2D eigenvalue weighted by Gasteiger charge is 2.14. The monoisotopic (exact) mass is 482 g/mol. The Morgan fingerprint density at radius 2 is 2.07 bits per heavy atom. The van der Waals surface area contributed by atoms with Crippen molar-refractivity contribution in [3.63, 3.8) is 0 Å². The molecule has 1 heterocycles. The normalized spacial score (nSPS) is 13.1. The maximum atomic E-state index is 11.4. The van der Waals surface area contributed by atoms with E-state index in [0.29, 0.717) is 31.3 Å². The van der Waals surface area contributed by atoms with Crippen LogP contribution in [0.5, 0.6) is 11.5 Å². The summed E-state index contributed by atoms with van der Waals surface area (Å²) in [7, 11) is 1.60. The summed E-state index contributed by atoms with van der Waals surface area (Å²) < 4.78 is 11.0. The second kappa shape index (κ2) is 10.0. The fourth-order valence-corrected chi connectivity index (χ4v) is 2.70. The number of rotatable bonds is 6. The number of anilines is 2. The van der Waals surface area contributed by atoms with E-state index in [1.165, 1.54) is 0 Å². The van der Waals surface area contributed by atoms with Crippen molar-refractivity contribution in [1.82, 2.24) is 0 Å². The van der Waals surface area contributed by atoms with Crippen LogP contribution < -0.4 is 25.8 Å². The first-order valence-electron chi connectivity index (χ1n) is 8.41. The van der Waals surface area contributed by atoms with Gasteiger partial charge in [-0.05, 0) is 42.3 Å². The standard InChI is InChI=1S/C19H22N4O3.HI/c1-25-17-5-3-2-4-16(17)23-19(20)21-10-11-26-14-7-8-15-13(12-14)6-9-18(24)22-15;/h2-5,7-8,12H,6,9-11H2,1H3,(H,22,24)(H3,20,21,23);1H. The van der Waals surface area contributed by atoms with Gasteiger partial charge < -0.3 is 25.8 Å². The molecule has 0 saturated carbocycles. The number of ether oxygens (including phenoxy) is 2. The Kier molecular flexibility index (Phi) is 7.71. The molecule has 0 unspecified atom stereocenters. The van der Waals surface area contributed by atoms with Crippen LogP contribution in [0, 0.1) is 0 Å². The zero-order valence-corrected chi connectivity index (χ0v) is 17.4. The third-order valence-electron chi connectivity index (χ3n) is 3.98. The lowest BCUT2D eigenvalue weighted by atomic mass is 10.0. The summed E-state index contributed by atoms with van der Waals surface area (Å²) in [6.45, 7) is 0.821. The van der Waals surface area contributed by atoms with Crippen molar-refractivity contribution in [2.24, 2.45) is 10.7 Å². The van der Waals surface area contributed by atoms with Gasteiger partial charge in [0.2, 0.25) is 5.91 Å². The van der Waals surface area contributed by atoms with E-state index in [4.69, 9.17) is 15.2 Å². The predicted molar refractivity (Wildman–Crippen MR) is 117 cm³/mol. The molecule has 27 heavy (non-hydrogen) atoms. The number of nitrogens with one attached hydrogen (secondary N) is 2. The van der Waals surface area contributed by atoms with Gasteiger partial charge in [-0.2, -0.15) is 0 Å². The molecule has 0 radical (unpaired) electrons. The van der Waals surface area contributed by atoms with Crippen LogP contribution in [-0.4, -0.2) is 32.1 Å². The minimum absolute atomic E-state index is 0. The quantitative estimate of drug-likeness (QED) is 0.255. The summed E-state index contributed by atoms with van der Waals surface area (Å²) in [5.74, 6) is 1.80. The SMILES string of the molecule is COc1ccccc1NC(N)=NCCOc1ccc2c(c1)CCC(=O)N2.I. The summed E-state index contributed by atoms with van der Waals surface area (Å²) in [5.41, 5.74) is 8.60. The summed E-state index contributed by atoms with van der Waals surface area (Å²) in [5, 5.41) is 5.86. The van der Waals surface area contributed by atoms with Crippen LogP contribution >= 0.6 is 24.0 Å². The molecule has 2 aromatic rings. The van der Waals surface area contributed by atoms with E-state index >= 15 is 0 Å². The number of carbonyl (C=O) groups is 1. The van der Waals surface area contributed by atoms with E-state index in [1.807, 2.05) is 42.5 Å². The molecule has 1 aliphatic rings. The lowest BCUT2D eigenvalue weighted by Gasteiger charge is -2.17. The second-order valence-corrected chi connectivity index (χ2v) is 5.81. The van der Waals surface area contributed by atoms with Crippen LogP contribution in [0.4, 0.5) is 11.4 Å². The van der Waals surface area contributed by atoms with E-state index in [0.717, 1.165) is 29.1 Å². The molecule has 1 amide bonds. The fourth-order valence-electron chi connectivity index (χ4n) is 2.70. The van der Waals surface area contributed by atoms with Crippen LogP contribution in [0.2, 0.25) is 0 Å². The zero-order chi connectivity index (χ0) is 18.4. The van der Waals surface area contributed by atoms with E-state index in [2.05, 4.69) is 15.6 Å². The molecule has 0 aromatic heterocycles. The summed E-state index contributed by atoms with van der Waals surface area (Å²) in [6, 6.07) is 13.1. The Bertz CT molecular complexity index is 826. The largest absolute Gasteiger partial charge is 0.495 e. The van der Waals surface area contributed by atoms with E-state index in [9.17, 15) is 4.79 Å². The first-order valence-corrected chi connectivity index (χ1v) is 8.41. The number of para-hydroxylation sites is 2. The molecule has 0 aliphatic carbocycles. The highest BCUT2D eigenvalue weighted by molar-refractivity contribution is 14.0. The lowest BCUT2D eigenvalue weighted by molar-refractivity contribution is -0.116. The molecule has 4 N–H and O–H groups in total. The molecule has 2 aromatic carbocycles.